The first-order chi connectivity index (χ1) is 6.69. The van der Waals surface area contributed by atoms with E-state index in [0.717, 1.165) is 0 Å². The molecule has 0 saturated carbocycles. The Balaban J connectivity index is 3.17. The van der Waals surface area contributed by atoms with Crippen LogP contribution in [0.5, 0.6) is 0 Å². The van der Waals surface area contributed by atoms with Gasteiger partial charge in [-0.3, -0.25) is 0 Å². The van der Waals surface area contributed by atoms with E-state index in [2.05, 4.69) is 50.8 Å². The Hall–Kier alpha value is -1.30. The van der Waals surface area contributed by atoms with E-state index >= 15 is 0 Å². The summed E-state index contributed by atoms with van der Waals surface area (Å²) < 4.78 is 0. The molecule has 0 saturated heterocycles. The summed E-state index contributed by atoms with van der Waals surface area (Å²) in [5.74, 6) is 0.577. The van der Waals surface area contributed by atoms with Crippen LogP contribution >= 0.6 is 0 Å². The van der Waals surface area contributed by atoms with Gasteiger partial charge in [0, 0.05) is 0 Å². The second-order valence-corrected chi connectivity index (χ2v) is 3.75. The van der Waals surface area contributed by atoms with E-state index in [1.165, 1.54) is 16.7 Å². The standard InChI is InChI=1S/C14H18/c1-5-7-13-8-9-14(11(3)4)10-12(13)6-2/h5-11H,2H2,1,3-4H3. The van der Waals surface area contributed by atoms with Crippen molar-refractivity contribution in [1.29, 1.82) is 0 Å². The van der Waals surface area contributed by atoms with Crippen LogP contribution in [0.25, 0.3) is 12.2 Å². The van der Waals surface area contributed by atoms with Gasteiger partial charge in [-0.15, -0.1) is 0 Å². The summed E-state index contributed by atoms with van der Waals surface area (Å²) in [5, 5.41) is 0. The van der Waals surface area contributed by atoms with Gasteiger partial charge in [-0.1, -0.05) is 56.9 Å². The van der Waals surface area contributed by atoms with Crippen LogP contribution < -0.4 is 0 Å². The Morgan fingerprint density at radius 1 is 1.21 bits per heavy atom. The highest BCUT2D eigenvalue weighted by atomic mass is 14.1. The Kier molecular flexibility index (Phi) is 3.70. The van der Waals surface area contributed by atoms with Gasteiger partial charge in [0.05, 0.1) is 0 Å². The van der Waals surface area contributed by atoms with Crippen molar-refractivity contribution in [3.8, 4) is 0 Å². The van der Waals surface area contributed by atoms with Crippen LogP contribution in [0.1, 0.15) is 43.4 Å². The summed E-state index contributed by atoms with van der Waals surface area (Å²) in [5.41, 5.74) is 3.83. The molecule has 0 aromatic heterocycles. The second-order valence-electron chi connectivity index (χ2n) is 3.75. The largest absolute Gasteiger partial charge is 0.0984 e. The summed E-state index contributed by atoms with van der Waals surface area (Å²) in [6.45, 7) is 10.3. The molecule has 1 aromatic carbocycles. The highest BCUT2D eigenvalue weighted by Gasteiger charge is 2.01. The van der Waals surface area contributed by atoms with Crippen molar-refractivity contribution in [2.45, 2.75) is 26.7 Å². The molecule has 0 N–H and O–H groups in total. The fourth-order valence-electron chi connectivity index (χ4n) is 1.46. The number of hydrogen-bond donors (Lipinski definition) is 0. The lowest BCUT2D eigenvalue weighted by molar-refractivity contribution is 0.866. The Bertz CT molecular complexity index is 343. The van der Waals surface area contributed by atoms with Crippen molar-refractivity contribution < 1.29 is 0 Å². The number of hydrogen-bond acceptors (Lipinski definition) is 0. The monoisotopic (exact) mass is 186 g/mol. The molecule has 0 radical (unpaired) electrons. The third-order valence-electron chi connectivity index (χ3n) is 2.34. The van der Waals surface area contributed by atoms with Crippen molar-refractivity contribution >= 4 is 12.2 Å². The molecule has 0 atom stereocenters. The van der Waals surface area contributed by atoms with Crippen molar-refractivity contribution in [3.05, 3.63) is 47.5 Å². The Labute approximate surface area is 87.0 Å². The molecular weight excluding hydrogens is 168 g/mol. The molecule has 0 heterocycles. The number of allylic oxidation sites excluding steroid dienone is 1. The molecule has 0 spiro atoms. The normalized spacial score (nSPS) is 11.1. The molecule has 0 aliphatic rings. The second kappa shape index (κ2) is 4.80. The molecule has 1 aromatic rings. The van der Waals surface area contributed by atoms with Crippen LogP contribution in [0.15, 0.2) is 30.9 Å². The van der Waals surface area contributed by atoms with E-state index in [9.17, 15) is 0 Å². The summed E-state index contributed by atoms with van der Waals surface area (Å²) in [7, 11) is 0. The van der Waals surface area contributed by atoms with Gasteiger partial charge in [0.1, 0.15) is 0 Å². The smallest absolute Gasteiger partial charge is 0.0187 e. The molecule has 0 aliphatic heterocycles. The zero-order valence-corrected chi connectivity index (χ0v) is 9.25. The summed E-state index contributed by atoms with van der Waals surface area (Å²) in [6.07, 6.45) is 6.08. The number of rotatable bonds is 3. The highest BCUT2D eigenvalue weighted by molar-refractivity contribution is 5.65. The van der Waals surface area contributed by atoms with E-state index < -0.39 is 0 Å². The third kappa shape index (κ3) is 2.35. The molecule has 0 nitrogen and oxygen atoms in total. The fourth-order valence-corrected chi connectivity index (χ4v) is 1.46. The predicted octanol–water partition coefficient (Wildman–Crippen LogP) is 4.49. The maximum absolute atomic E-state index is 3.84. The zero-order chi connectivity index (χ0) is 10.6. The average molecular weight is 186 g/mol. The lowest BCUT2D eigenvalue weighted by Crippen LogP contribution is -1.89. The van der Waals surface area contributed by atoms with Gasteiger partial charge in [-0.2, -0.15) is 0 Å². The molecular formula is C14H18. The van der Waals surface area contributed by atoms with E-state index in [0.29, 0.717) is 5.92 Å². The molecule has 0 bridgehead atoms. The first-order valence-electron chi connectivity index (χ1n) is 5.08. The topological polar surface area (TPSA) is 0 Å². The lowest BCUT2D eigenvalue weighted by atomic mass is 9.97. The SMILES string of the molecule is C=Cc1cc(C(C)C)ccc1C=CC. The molecule has 0 aliphatic carbocycles. The van der Waals surface area contributed by atoms with Gasteiger partial charge >= 0.3 is 0 Å². The van der Waals surface area contributed by atoms with Crippen LogP contribution in [-0.4, -0.2) is 0 Å². The molecule has 1 rings (SSSR count). The molecule has 0 unspecified atom stereocenters. The van der Waals surface area contributed by atoms with Gasteiger partial charge in [-0.25, -0.2) is 0 Å². The fraction of sp³-hybridized carbons (Fsp3) is 0.286. The van der Waals surface area contributed by atoms with Crippen molar-refractivity contribution in [3.63, 3.8) is 0 Å². The average Bonchev–Trinajstić information content (AvgIpc) is 2.18. The maximum Gasteiger partial charge on any atom is -0.0187 e. The Morgan fingerprint density at radius 2 is 1.93 bits per heavy atom. The van der Waals surface area contributed by atoms with Gasteiger partial charge in [0.2, 0.25) is 0 Å². The zero-order valence-electron chi connectivity index (χ0n) is 9.25. The van der Waals surface area contributed by atoms with Crippen molar-refractivity contribution in [2.24, 2.45) is 0 Å². The first kappa shape index (κ1) is 10.8. The van der Waals surface area contributed by atoms with Gasteiger partial charge in [0.15, 0.2) is 0 Å². The first-order valence-corrected chi connectivity index (χ1v) is 5.08. The van der Waals surface area contributed by atoms with E-state index in [1.807, 2.05) is 13.0 Å². The summed E-state index contributed by atoms with van der Waals surface area (Å²) >= 11 is 0. The number of benzene rings is 1. The lowest BCUT2D eigenvalue weighted by Gasteiger charge is -2.08. The molecule has 0 heteroatoms. The molecule has 74 valence electrons. The molecule has 0 fully saturated rings. The van der Waals surface area contributed by atoms with E-state index in [1.54, 1.807) is 0 Å². The van der Waals surface area contributed by atoms with E-state index in [-0.39, 0.29) is 0 Å². The third-order valence-corrected chi connectivity index (χ3v) is 2.34. The minimum atomic E-state index is 0.577. The van der Waals surface area contributed by atoms with Crippen molar-refractivity contribution in [2.75, 3.05) is 0 Å². The van der Waals surface area contributed by atoms with Gasteiger partial charge in [0.25, 0.3) is 0 Å². The van der Waals surface area contributed by atoms with Crippen LogP contribution in [0.4, 0.5) is 0 Å². The van der Waals surface area contributed by atoms with E-state index in [4.69, 9.17) is 0 Å². The summed E-state index contributed by atoms with van der Waals surface area (Å²) in [6, 6.07) is 6.56. The highest BCUT2D eigenvalue weighted by Crippen LogP contribution is 2.20. The minimum Gasteiger partial charge on any atom is -0.0984 e. The van der Waals surface area contributed by atoms with Crippen molar-refractivity contribution in [1.82, 2.24) is 0 Å². The van der Waals surface area contributed by atoms with Crippen LogP contribution in [0.3, 0.4) is 0 Å². The summed E-state index contributed by atoms with van der Waals surface area (Å²) in [4.78, 5) is 0. The Morgan fingerprint density at radius 3 is 2.43 bits per heavy atom. The molecule has 14 heavy (non-hydrogen) atoms. The van der Waals surface area contributed by atoms with Crippen LogP contribution in [0, 0.1) is 0 Å². The quantitative estimate of drug-likeness (QED) is 0.652. The predicted molar refractivity (Wildman–Crippen MR) is 65.3 cm³/mol. The maximum atomic E-state index is 3.84. The van der Waals surface area contributed by atoms with Crippen LogP contribution in [-0.2, 0) is 0 Å². The molecule has 0 amide bonds. The van der Waals surface area contributed by atoms with Gasteiger partial charge < -0.3 is 0 Å². The van der Waals surface area contributed by atoms with Gasteiger partial charge in [-0.05, 0) is 29.5 Å². The van der Waals surface area contributed by atoms with Crippen LogP contribution in [0.2, 0.25) is 0 Å². The minimum absolute atomic E-state index is 0.577.